The van der Waals surface area contributed by atoms with Crippen LogP contribution in [0.5, 0.6) is 0 Å². The van der Waals surface area contributed by atoms with Crippen molar-refractivity contribution in [2.45, 2.75) is 135 Å². The van der Waals surface area contributed by atoms with E-state index in [0.717, 1.165) is 38.5 Å². The summed E-state index contributed by atoms with van der Waals surface area (Å²) in [4.78, 5) is 36.6. The summed E-state index contributed by atoms with van der Waals surface area (Å²) >= 11 is 0. The number of nitrogens with zero attached hydrogens (tertiary/aromatic N) is 1. The molecule has 0 aliphatic rings. The number of hydrogen-bond acceptors (Lipinski definition) is 7. The lowest BCUT2D eigenvalue weighted by molar-refractivity contribution is -0.889. The van der Waals surface area contributed by atoms with Gasteiger partial charge in [0.2, 0.25) is 0 Å². The molecule has 0 fully saturated rings. The van der Waals surface area contributed by atoms with Crippen molar-refractivity contribution < 1.29 is 38.2 Å². The van der Waals surface area contributed by atoms with Crippen LogP contribution in [0.3, 0.4) is 0 Å². The third-order valence-corrected chi connectivity index (χ3v) is 7.93. The van der Waals surface area contributed by atoms with Crippen molar-refractivity contribution >= 4 is 17.9 Å². The standard InChI is InChI=1S/C42H69NO7/c1-6-8-10-12-14-16-18-20-22-24-26-28-30-32-40(44)49-37-38(36-48-35-34-39(42(46)47)43(3,4)5)50-41(45)33-31-29-27-25-23-21-19-17-15-13-11-9-7-2/h9,11,13,15,17,19-23,26,28,38-39H,6-8,10,12,14,16,18,24-25,27,29-37H2,1-5H3/b11-9+,15-13+,19-17+,22-20+,23-21+,28-26+. The maximum Gasteiger partial charge on any atom is 0.306 e. The number of carboxylic acid groups (broad SMARTS) is 1. The molecule has 50 heavy (non-hydrogen) atoms. The first kappa shape index (κ1) is 46.8. The second kappa shape index (κ2) is 32.9. The lowest BCUT2D eigenvalue weighted by atomic mass is 10.1. The number of carbonyl (C=O) groups is 3. The Morgan fingerprint density at radius 3 is 1.90 bits per heavy atom. The van der Waals surface area contributed by atoms with E-state index >= 15 is 0 Å². The first-order valence-electron chi connectivity index (χ1n) is 19.0. The quantitative estimate of drug-likeness (QED) is 0.0229. The van der Waals surface area contributed by atoms with Crippen molar-refractivity contribution in [2.75, 3.05) is 41.0 Å². The van der Waals surface area contributed by atoms with E-state index in [1.54, 1.807) is 21.1 Å². The fraction of sp³-hybridized carbons (Fsp3) is 0.643. The van der Waals surface area contributed by atoms with E-state index in [0.29, 0.717) is 12.8 Å². The number of rotatable bonds is 32. The average molecular weight is 700 g/mol. The molecule has 0 saturated carbocycles. The molecule has 0 heterocycles. The minimum absolute atomic E-state index is 0.00327. The van der Waals surface area contributed by atoms with Gasteiger partial charge in [-0.25, -0.2) is 0 Å². The van der Waals surface area contributed by atoms with Crippen LogP contribution >= 0.6 is 0 Å². The van der Waals surface area contributed by atoms with E-state index in [1.807, 2.05) is 42.5 Å². The molecule has 0 aromatic rings. The van der Waals surface area contributed by atoms with E-state index in [-0.39, 0.29) is 55.5 Å². The van der Waals surface area contributed by atoms with Gasteiger partial charge in [0.05, 0.1) is 40.3 Å². The van der Waals surface area contributed by atoms with Crippen molar-refractivity contribution in [1.29, 1.82) is 0 Å². The van der Waals surface area contributed by atoms with Crippen LogP contribution in [0.4, 0.5) is 0 Å². The molecule has 2 atom stereocenters. The van der Waals surface area contributed by atoms with Crippen LogP contribution in [0.1, 0.15) is 123 Å². The minimum atomic E-state index is -1.14. The van der Waals surface area contributed by atoms with Crippen molar-refractivity contribution in [1.82, 2.24) is 0 Å². The molecule has 8 nitrogen and oxygen atoms in total. The van der Waals surface area contributed by atoms with Crippen molar-refractivity contribution in [2.24, 2.45) is 0 Å². The number of aliphatic carboxylic acids is 1. The Morgan fingerprint density at radius 2 is 1.24 bits per heavy atom. The molecular formula is C42H69NO7. The largest absolute Gasteiger partial charge is 0.544 e. The van der Waals surface area contributed by atoms with E-state index in [9.17, 15) is 19.5 Å². The summed E-state index contributed by atoms with van der Waals surface area (Å²) < 4.78 is 17.0. The minimum Gasteiger partial charge on any atom is -0.544 e. The average Bonchev–Trinajstić information content (AvgIpc) is 3.06. The number of quaternary nitrogens is 1. The van der Waals surface area contributed by atoms with Crippen LogP contribution in [0.15, 0.2) is 72.9 Å². The second-order valence-corrected chi connectivity index (χ2v) is 13.5. The third-order valence-electron chi connectivity index (χ3n) is 7.93. The highest BCUT2D eigenvalue weighted by atomic mass is 16.6. The van der Waals surface area contributed by atoms with Crippen molar-refractivity contribution in [3.05, 3.63) is 72.9 Å². The molecule has 0 aromatic carbocycles. The predicted octanol–water partition coefficient (Wildman–Crippen LogP) is 8.29. The van der Waals surface area contributed by atoms with Gasteiger partial charge in [-0.2, -0.15) is 0 Å². The van der Waals surface area contributed by atoms with Gasteiger partial charge in [0, 0.05) is 19.3 Å². The summed E-state index contributed by atoms with van der Waals surface area (Å²) in [5, 5.41) is 11.6. The fourth-order valence-electron chi connectivity index (χ4n) is 4.95. The maximum absolute atomic E-state index is 12.6. The van der Waals surface area contributed by atoms with Gasteiger partial charge in [0.1, 0.15) is 12.6 Å². The lowest BCUT2D eigenvalue weighted by Gasteiger charge is -2.34. The molecule has 0 spiro atoms. The summed E-state index contributed by atoms with van der Waals surface area (Å²) in [5.41, 5.74) is 0. The van der Waals surface area contributed by atoms with Crippen LogP contribution in [-0.2, 0) is 28.6 Å². The summed E-state index contributed by atoms with van der Waals surface area (Å²) in [6.45, 7) is 4.37. The molecule has 0 aliphatic heterocycles. The zero-order chi connectivity index (χ0) is 37.1. The normalized spacial score (nSPS) is 13.9. The van der Waals surface area contributed by atoms with Gasteiger partial charge in [0.25, 0.3) is 0 Å². The Hall–Kier alpha value is -3.23. The van der Waals surface area contributed by atoms with Crippen LogP contribution in [-0.4, -0.2) is 75.5 Å². The highest BCUT2D eigenvalue weighted by Crippen LogP contribution is 2.11. The van der Waals surface area contributed by atoms with Crippen molar-refractivity contribution in [3.8, 4) is 0 Å². The number of allylic oxidation sites excluding steroid dienone is 12. The van der Waals surface area contributed by atoms with Gasteiger partial charge in [-0.1, -0.05) is 125 Å². The van der Waals surface area contributed by atoms with Gasteiger partial charge in [0.15, 0.2) is 6.10 Å². The number of hydrogen-bond donors (Lipinski definition) is 0. The topological polar surface area (TPSA) is 102 Å². The smallest absolute Gasteiger partial charge is 0.306 e. The molecule has 284 valence electrons. The van der Waals surface area contributed by atoms with Gasteiger partial charge in [-0.3, -0.25) is 9.59 Å². The SMILES string of the molecule is CC/C=C/C=C/C=C/C=C/CCCCCC(=O)OC(COCCC(C(=O)[O-])[N+](C)(C)C)COC(=O)CC/C=C/C/C=C/CCCCCCCC. The zero-order valence-corrected chi connectivity index (χ0v) is 32.0. The molecule has 0 bridgehead atoms. The lowest BCUT2D eigenvalue weighted by Crippen LogP contribution is -2.55. The number of esters is 2. The Kier molecular flexibility index (Phi) is 30.8. The van der Waals surface area contributed by atoms with Crippen LogP contribution in [0.2, 0.25) is 0 Å². The molecule has 0 N–H and O–H groups in total. The van der Waals surface area contributed by atoms with Crippen LogP contribution < -0.4 is 5.11 Å². The van der Waals surface area contributed by atoms with Gasteiger partial charge in [-0.05, 0) is 51.4 Å². The monoisotopic (exact) mass is 700 g/mol. The molecule has 0 radical (unpaired) electrons. The summed E-state index contributed by atoms with van der Waals surface area (Å²) in [6, 6.07) is -0.742. The Balaban J connectivity index is 4.60. The highest BCUT2D eigenvalue weighted by Gasteiger charge is 2.25. The molecule has 0 amide bonds. The van der Waals surface area contributed by atoms with Gasteiger partial charge >= 0.3 is 11.9 Å². The molecule has 0 aliphatic carbocycles. The Bertz CT molecular complexity index is 1050. The summed E-state index contributed by atoms with van der Waals surface area (Å²) in [6.07, 6.45) is 39.5. The number of ether oxygens (including phenoxy) is 3. The van der Waals surface area contributed by atoms with Crippen LogP contribution in [0.25, 0.3) is 0 Å². The summed E-state index contributed by atoms with van der Waals surface area (Å²) in [7, 11) is 5.35. The van der Waals surface area contributed by atoms with E-state index in [2.05, 4.69) is 44.2 Å². The number of unbranched alkanes of at least 4 members (excludes halogenated alkanes) is 9. The van der Waals surface area contributed by atoms with Crippen LogP contribution in [0, 0.1) is 0 Å². The zero-order valence-electron chi connectivity index (χ0n) is 32.0. The maximum atomic E-state index is 12.6. The molecule has 0 aromatic heterocycles. The number of carbonyl (C=O) groups excluding carboxylic acids is 3. The second-order valence-electron chi connectivity index (χ2n) is 13.5. The molecule has 0 saturated heterocycles. The predicted molar refractivity (Wildman–Crippen MR) is 203 cm³/mol. The van der Waals surface area contributed by atoms with Crippen molar-refractivity contribution in [3.63, 3.8) is 0 Å². The third kappa shape index (κ3) is 30.8. The molecule has 0 rings (SSSR count). The molecular weight excluding hydrogens is 630 g/mol. The summed E-state index contributed by atoms with van der Waals surface area (Å²) in [5.74, 6) is -1.89. The molecule has 8 heteroatoms. The Labute approximate surface area is 304 Å². The van der Waals surface area contributed by atoms with E-state index < -0.39 is 18.1 Å². The van der Waals surface area contributed by atoms with Gasteiger partial charge in [-0.15, -0.1) is 0 Å². The first-order chi connectivity index (χ1) is 24.1. The Morgan fingerprint density at radius 1 is 0.640 bits per heavy atom. The van der Waals surface area contributed by atoms with E-state index in [4.69, 9.17) is 14.2 Å². The first-order valence-corrected chi connectivity index (χ1v) is 19.0. The number of carboxylic acids is 1. The van der Waals surface area contributed by atoms with E-state index in [1.165, 1.54) is 38.5 Å². The number of likely N-dealkylation sites (N-methyl/N-ethyl adjacent to an activating group) is 1. The van der Waals surface area contributed by atoms with Gasteiger partial charge < -0.3 is 28.6 Å². The highest BCUT2D eigenvalue weighted by molar-refractivity contribution is 5.70. The molecule has 2 unspecified atom stereocenters. The fourth-order valence-corrected chi connectivity index (χ4v) is 4.95.